The van der Waals surface area contributed by atoms with Gasteiger partial charge in [-0.25, -0.2) is 0 Å². The first kappa shape index (κ1) is 14.7. The zero-order chi connectivity index (χ0) is 14.9. The number of non-ortho nitro benzene ring substituents is 1. The van der Waals surface area contributed by atoms with E-state index in [1.807, 2.05) is 0 Å². The lowest BCUT2D eigenvalue weighted by atomic mass is 10.0. The third-order valence-electron chi connectivity index (χ3n) is 3.22. The van der Waals surface area contributed by atoms with Crippen molar-refractivity contribution in [2.24, 2.45) is 0 Å². The van der Waals surface area contributed by atoms with Crippen molar-refractivity contribution in [3.63, 3.8) is 0 Å². The van der Waals surface area contributed by atoms with Crippen molar-refractivity contribution >= 4 is 11.4 Å². The summed E-state index contributed by atoms with van der Waals surface area (Å²) in [5.41, 5.74) is 1.12. The van der Waals surface area contributed by atoms with E-state index in [1.165, 1.54) is 18.2 Å². The molecule has 0 bridgehead atoms. The van der Waals surface area contributed by atoms with Gasteiger partial charge in [0, 0.05) is 17.8 Å². The molecule has 1 aliphatic rings. The molecule has 0 spiro atoms. The first-order valence-corrected chi connectivity index (χ1v) is 6.07. The molecule has 0 unspecified atom stereocenters. The van der Waals surface area contributed by atoms with Gasteiger partial charge in [0.25, 0.3) is 5.69 Å². The summed E-state index contributed by atoms with van der Waals surface area (Å²) in [6.45, 7) is 1.57. The summed E-state index contributed by atoms with van der Waals surface area (Å²) in [6.07, 6.45) is -4.64. The second-order valence-corrected chi connectivity index (χ2v) is 4.70. The number of benzene rings is 1. The number of nitro benzene ring substituents is 1. The van der Waals surface area contributed by atoms with E-state index < -0.39 is 29.5 Å². The maximum Gasteiger partial charge on any atom is 0.269 e. The van der Waals surface area contributed by atoms with Crippen LogP contribution in [0.5, 0.6) is 0 Å². The summed E-state index contributed by atoms with van der Waals surface area (Å²) in [4.78, 5) is 10.1. The van der Waals surface area contributed by atoms with Gasteiger partial charge in [0.2, 0.25) is 0 Å². The van der Waals surface area contributed by atoms with Gasteiger partial charge in [0.15, 0.2) is 6.23 Å². The summed E-state index contributed by atoms with van der Waals surface area (Å²) in [5.74, 6) is 0. The number of aliphatic hydroxyl groups is 3. The Morgan fingerprint density at radius 1 is 1.35 bits per heavy atom. The number of hydrogen-bond acceptors (Lipinski definition) is 7. The molecule has 8 nitrogen and oxygen atoms in total. The average Bonchev–Trinajstić information content (AvgIpc) is 2.41. The molecule has 0 radical (unpaired) electrons. The van der Waals surface area contributed by atoms with Crippen molar-refractivity contribution in [3.05, 3.63) is 33.9 Å². The number of rotatable bonds is 3. The molecule has 0 aromatic heterocycles. The Labute approximate surface area is 114 Å². The van der Waals surface area contributed by atoms with Crippen molar-refractivity contribution in [2.75, 3.05) is 11.9 Å². The largest absolute Gasteiger partial charge is 0.388 e. The van der Waals surface area contributed by atoms with Crippen molar-refractivity contribution < 1.29 is 25.0 Å². The third-order valence-corrected chi connectivity index (χ3v) is 3.22. The van der Waals surface area contributed by atoms with Gasteiger partial charge in [-0.3, -0.25) is 10.1 Å². The Bertz CT molecular complexity index is 509. The highest BCUT2D eigenvalue weighted by atomic mass is 16.6. The van der Waals surface area contributed by atoms with E-state index in [0.717, 1.165) is 0 Å². The number of nitro groups is 1. The Morgan fingerprint density at radius 2 is 2.05 bits per heavy atom. The summed E-state index contributed by atoms with van der Waals surface area (Å²) >= 11 is 0. The van der Waals surface area contributed by atoms with Crippen LogP contribution >= 0.6 is 0 Å². The fraction of sp³-hybridized carbons (Fsp3) is 0.500. The lowest BCUT2D eigenvalue weighted by molar-refractivity contribution is -0.384. The van der Waals surface area contributed by atoms with Crippen LogP contribution in [0.1, 0.15) is 5.56 Å². The zero-order valence-corrected chi connectivity index (χ0v) is 10.8. The van der Waals surface area contributed by atoms with Gasteiger partial charge < -0.3 is 25.4 Å². The molecular weight excluding hydrogens is 268 g/mol. The van der Waals surface area contributed by atoms with E-state index in [0.29, 0.717) is 11.3 Å². The van der Waals surface area contributed by atoms with Gasteiger partial charge >= 0.3 is 0 Å². The molecule has 110 valence electrons. The summed E-state index contributed by atoms with van der Waals surface area (Å²) in [6, 6.07) is 4.22. The van der Waals surface area contributed by atoms with Gasteiger partial charge in [0.1, 0.15) is 18.3 Å². The summed E-state index contributed by atoms with van der Waals surface area (Å²) in [7, 11) is 0. The molecular formula is C12H16N2O6. The topological polar surface area (TPSA) is 125 Å². The van der Waals surface area contributed by atoms with Crippen LogP contribution in [0.2, 0.25) is 0 Å². The van der Waals surface area contributed by atoms with E-state index in [1.54, 1.807) is 6.92 Å². The predicted octanol–water partition coefficient (Wildman–Crippen LogP) is -0.246. The molecule has 1 aromatic carbocycles. The van der Waals surface area contributed by atoms with E-state index in [2.05, 4.69) is 5.32 Å². The Kier molecular flexibility index (Phi) is 4.19. The van der Waals surface area contributed by atoms with Crippen molar-refractivity contribution in [1.29, 1.82) is 0 Å². The zero-order valence-electron chi connectivity index (χ0n) is 10.8. The Balaban J connectivity index is 2.12. The smallest absolute Gasteiger partial charge is 0.269 e. The molecule has 1 heterocycles. The molecule has 1 fully saturated rings. The molecule has 20 heavy (non-hydrogen) atoms. The number of hydrogen-bond donors (Lipinski definition) is 4. The molecule has 0 aliphatic carbocycles. The number of nitrogens with one attached hydrogen (secondary N) is 1. The highest BCUT2D eigenvalue weighted by molar-refractivity contribution is 5.55. The van der Waals surface area contributed by atoms with E-state index >= 15 is 0 Å². The van der Waals surface area contributed by atoms with E-state index in [9.17, 15) is 25.4 Å². The Morgan fingerprint density at radius 3 is 2.65 bits per heavy atom. The van der Waals surface area contributed by atoms with Crippen molar-refractivity contribution in [1.82, 2.24) is 0 Å². The molecule has 4 atom stereocenters. The van der Waals surface area contributed by atoms with E-state index in [-0.39, 0.29) is 12.3 Å². The highest BCUT2D eigenvalue weighted by Gasteiger charge is 2.37. The quantitative estimate of drug-likeness (QED) is 0.445. The first-order valence-electron chi connectivity index (χ1n) is 6.07. The van der Waals surface area contributed by atoms with Gasteiger partial charge in [-0.2, -0.15) is 0 Å². The average molecular weight is 284 g/mol. The highest BCUT2D eigenvalue weighted by Crippen LogP contribution is 2.24. The fourth-order valence-corrected chi connectivity index (χ4v) is 2.01. The van der Waals surface area contributed by atoms with Crippen LogP contribution < -0.4 is 5.32 Å². The van der Waals surface area contributed by atoms with Crippen LogP contribution in [-0.2, 0) is 4.74 Å². The second-order valence-electron chi connectivity index (χ2n) is 4.70. The van der Waals surface area contributed by atoms with Crippen molar-refractivity contribution in [3.8, 4) is 0 Å². The molecule has 1 saturated heterocycles. The van der Waals surface area contributed by atoms with E-state index in [4.69, 9.17) is 4.74 Å². The van der Waals surface area contributed by atoms with Gasteiger partial charge in [0.05, 0.1) is 11.5 Å². The van der Waals surface area contributed by atoms with Crippen LogP contribution in [-0.4, -0.2) is 51.4 Å². The van der Waals surface area contributed by atoms with Crippen molar-refractivity contribution in [2.45, 2.75) is 31.5 Å². The summed E-state index contributed by atoms with van der Waals surface area (Å²) < 4.78 is 5.20. The molecule has 2 rings (SSSR count). The number of ether oxygens (including phenoxy) is 1. The number of aryl methyl sites for hydroxylation is 1. The number of anilines is 1. The summed E-state index contributed by atoms with van der Waals surface area (Å²) in [5, 5.41) is 42.2. The third kappa shape index (κ3) is 2.88. The number of aliphatic hydroxyl groups excluding tert-OH is 3. The maximum absolute atomic E-state index is 10.6. The predicted molar refractivity (Wildman–Crippen MR) is 69.2 cm³/mol. The van der Waals surface area contributed by atoms with Gasteiger partial charge in [-0.15, -0.1) is 0 Å². The monoisotopic (exact) mass is 284 g/mol. The van der Waals surface area contributed by atoms with Gasteiger partial charge in [-0.1, -0.05) is 0 Å². The number of nitrogens with zero attached hydrogens (tertiary/aromatic N) is 1. The lowest BCUT2D eigenvalue weighted by Gasteiger charge is -2.36. The minimum absolute atomic E-state index is 0.0337. The fourth-order valence-electron chi connectivity index (χ4n) is 2.01. The molecule has 8 heteroatoms. The molecule has 0 amide bonds. The molecule has 1 aromatic rings. The molecule has 1 aliphatic heterocycles. The normalized spacial score (nSPS) is 30.0. The van der Waals surface area contributed by atoms with Crippen LogP contribution in [0.3, 0.4) is 0 Å². The van der Waals surface area contributed by atoms with Crippen LogP contribution in [0.15, 0.2) is 18.2 Å². The van der Waals surface area contributed by atoms with Crippen LogP contribution in [0, 0.1) is 17.0 Å². The van der Waals surface area contributed by atoms with Crippen LogP contribution in [0.4, 0.5) is 11.4 Å². The SMILES string of the molecule is Cc1cc([N+](=O)[O-])ccc1N[C@@H]1OC[C@H](O)[C@H](O)[C@H]1O. The first-order chi connectivity index (χ1) is 9.40. The standard InChI is InChI=1S/C12H16N2O6/c1-6-4-7(14(18)19)2-3-8(6)13-12-11(17)10(16)9(15)5-20-12/h2-4,9-13,15-17H,5H2,1H3/t9-,10-,11+,12+/m0/s1. The molecule has 0 saturated carbocycles. The van der Waals surface area contributed by atoms with Gasteiger partial charge in [-0.05, 0) is 18.6 Å². The minimum atomic E-state index is -1.31. The van der Waals surface area contributed by atoms with Crippen LogP contribution in [0.25, 0.3) is 0 Å². The Hall–Kier alpha value is -1.74. The maximum atomic E-state index is 10.6. The molecule has 4 N–H and O–H groups in total. The lowest BCUT2D eigenvalue weighted by Crippen LogP contribution is -2.55. The second kappa shape index (κ2) is 5.71. The minimum Gasteiger partial charge on any atom is -0.388 e.